The van der Waals surface area contributed by atoms with Crippen LogP contribution in [-0.4, -0.2) is 23.9 Å². The Kier molecular flexibility index (Phi) is 4.25. The van der Waals surface area contributed by atoms with Crippen molar-refractivity contribution in [2.75, 3.05) is 13.1 Å². The van der Waals surface area contributed by atoms with Gasteiger partial charge in [-0.25, -0.2) is 4.39 Å². The Balaban J connectivity index is 2.98. The highest BCUT2D eigenvalue weighted by molar-refractivity contribution is 5.94. The molecule has 0 aliphatic carbocycles. The van der Waals surface area contributed by atoms with Crippen LogP contribution in [0.3, 0.4) is 0 Å². The fraction of sp³-hybridized carbons (Fsp3) is 0.231. The Bertz CT molecular complexity index is 495. The molecule has 3 nitrogen and oxygen atoms in total. The summed E-state index contributed by atoms with van der Waals surface area (Å²) in [5.74, 6) is 1.57. The SMILES string of the molecule is C#CCN(CC#N)C(=O)c1ccc(F)c(C)c1. The van der Waals surface area contributed by atoms with Crippen LogP contribution in [0.5, 0.6) is 0 Å². The van der Waals surface area contributed by atoms with Gasteiger partial charge in [0.25, 0.3) is 5.91 Å². The van der Waals surface area contributed by atoms with E-state index in [9.17, 15) is 9.18 Å². The van der Waals surface area contributed by atoms with E-state index in [-0.39, 0.29) is 24.8 Å². The third-order valence-corrected chi connectivity index (χ3v) is 2.24. The molecule has 1 aromatic carbocycles. The van der Waals surface area contributed by atoms with Gasteiger partial charge >= 0.3 is 0 Å². The lowest BCUT2D eigenvalue weighted by Crippen LogP contribution is -2.31. The minimum Gasteiger partial charge on any atom is -0.314 e. The zero-order valence-electron chi connectivity index (χ0n) is 9.40. The number of hydrogen-bond acceptors (Lipinski definition) is 2. The molecule has 1 rings (SSSR count). The van der Waals surface area contributed by atoms with Gasteiger partial charge in [0, 0.05) is 5.56 Å². The van der Waals surface area contributed by atoms with Gasteiger partial charge in [-0.1, -0.05) is 5.92 Å². The molecule has 0 aliphatic heterocycles. The summed E-state index contributed by atoms with van der Waals surface area (Å²) in [6.07, 6.45) is 5.12. The van der Waals surface area contributed by atoms with Crippen molar-refractivity contribution in [3.63, 3.8) is 0 Å². The molecule has 1 amide bonds. The first-order valence-corrected chi connectivity index (χ1v) is 4.96. The summed E-state index contributed by atoms with van der Waals surface area (Å²) in [7, 11) is 0. The Labute approximate surface area is 99.5 Å². The van der Waals surface area contributed by atoms with Gasteiger partial charge in [-0.3, -0.25) is 4.79 Å². The van der Waals surface area contributed by atoms with E-state index in [1.54, 1.807) is 6.92 Å². The van der Waals surface area contributed by atoms with Gasteiger partial charge in [0.1, 0.15) is 12.4 Å². The van der Waals surface area contributed by atoms with E-state index in [0.29, 0.717) is 11.1 Å². The number of carbonyl (C=O) groups excluding carboxylic acids is 1. The number of nitrogens with zero attached hydrogens (tertiary/aromatic N) is 2. The number of aryl methyl sites for hydroxylation is 1. The van der Waals surface area contributed by atoms with Crippen LogP contribution in [0.2, 0.25) is 0 Å². The van der Waals surface area contributed by atoms with Crippen molar-refractivity contribution in [2.24, 2.45) is 0 Å². The number of rotatable bonds is 3. The number of carbonyl (C=O) groups is 1. The van der Waals surface area contributed by atoms with Crippen LogP contribution in [0.25, 0.3) is 0 Å². The Morgan fingerprint density at radius 1 is 1.53 bits per heavy atom. The fourth-order valence-corrected chi connectivity index (χ4v) is 1.36. The van der Waals surface area contributed by atoms with Crippen molar-refractivity contribution in [3.05, 3.63) is 35.1 Å². The highest BCUT2D eigenvalue weighted by Crippen LogP contribution is 2.11. The average molecular weight is 230 g/mol. The molecule has 0 aromatic heterocycles. The summed E-state index contributed by atoms with van der Waals surface area (Å²) in [6.45, 7) is 1.55. The van der Waals surface area contributed by atoms with Crippen LogP contribution < -0.4 is 0 Å². The molecule has 0 spiro atoms. The molecule has 0 unspecified atom stereocenters. The Morgan fingerprint density at radius 3 is 2.76 bits per heavy atom. The molecule has 4 heteroatoms. The Morgan fingerprint density at radius 2 is 2.24 bits per heavy atom. The maximum atomic E-state index is 13.0. The second-order valence-electron chi connectivity index (χ2n) is 3.49. The largest absolute Gasteiger partial charge is 0.314 e. The van der Waals surface area contributed by atoms with Gasteiger partial charge in [0.2, 0.25) is 0 Å². The van der Waals surface area contributed by atoms with E-state index < -0.39 is 0 Å². The monoisotopic (exact) mass is 230 g/mol. The van der Waals surface area contributed by atoms with Crippen molar-refractivity contribution >= 4 is 5.91 Å². The summed E-state index contributed by atoms with van der Waals surface area (Å²) in [5.41, 5.74) is 0.711. The highest BCUT2D eigenvalue weighted by Gasteiger charge is 2.15. The molecule has 0 bridgehead atoms. The molecule has 0 aliphatic rings. The quantitative estimate of drug-likeness (QED) is 0.586. The van der Waals surface area contributed by atoms with Crippen LogP contribution in [-0.2, 0) is 0 Å². The van der Waals surface area contributed by atoms with Crippen molar-refractivity contribution in [1.29, 1.82) is 5.26 Å². The molecule has 1 aromatic rings. The number of terminal acetylenes is 1. The molecule has 86 valence electrons. The fourth-order valence-electron chi connectivity index (χ4n) is 1.36. The van der Waals surface area contributed by atoms with Crippen LogP contribution in [0.4, 0.5) is 4.39 Å². The van der Waals surface area contributed by atoms with E-state index >= 15 is 0 Å². The first-order chi connectivity index (χ1) is 8.10. The Hall–Kier alpha value is -2.33. The van der Waals surface area contributed by atoms with Crippen LogP contribution >= 0.6 is 0 Å². The summed E-state index contributed by atoms with van der Waals surface area (Å²) < 4.78 is 13.0. The second-order valence-corrected chi connectivity index (χ2v) is 3.49. The molecule has 17 heavy (non-hydrogen) atoms. The van der Waals surface area contributed by atoms with Crippen molar-refractivity contribution in [2.45, 2.75) is 6.92 Å². The first-order valence-electron chi connectivity index (χ1n) is 4.96. The maximum Gasteiger partial charge on any atom is 0.255 e. The van der Waals surface area contributed by atoms with Gasteiger partial charge < -0.3 is 4.90 Å². The number of benzene rings is 1. The van der Waals surface area contributed by atoms with Gasteiger partial charge in [-0.05, 0) is 30.7 Å². The summed E-state index contributed by atoms with van der Waals surface area (Å²) in [4.78, 5) is 13.2. The van der Waals surface area contributed by atoms with E-state index in [2.05, 4.69) is 5.92 Å². The van der Waals surface area contributed by atoms with Crippen LogP contribution in [0.15, 0.2) is 18.2 Å². The molecule has 0 saturated heterocycles. The molecular formula is C13H11FN2O. The van der Waals surface area contributed by atoms with Gasteiger partial charge in [0.15, 0.2) is 0 Å². The summed E-state index contributed by atoms with van der Waals surface area (Å²) in [5, 5.41) is 8.59. The third-order valence-electron chi connectivity index (χ3n) is 2.24. The zero-order chi connectivity index (χ0) is 12.8. The molecule has 0 saturated carbocycles. The lowest BCUT2D eigenvalue weighted by Gasteiger charge is -2.16. The first kappa shape index (κ1) is 12.7. The topological polar surface area (TPSA) is 44.1 Å². The molecule has 0 fully saturated rings. The molecule has 0 radical (unpaired) electrons. The highest BCUT2D eigenvalue weighted by atomic mass is 19.1. The molecular weight excluding hydrogens is 219 g/mol. The molecule has 0 heterocycles. The second kappa shape index (κ2) is 5.67. The van der Waals surface area contributed by atoms with Crippen molar-refractivity contribution in [1.82, 2.24) is 4.90 Å². The van der Waals surface area contributed by atoms with E-state index in [1.807, 2.05) is 6.07 Å². The summed E-state index contributed by atoms with van der Waals surface area (Å²) >= 11 is 0. The van der Waals surface area contributed by atoms with Crippen LogP contribution in [0, 0.1) is 36.4 Å². The molecule has 0 atom stereocenters. The van der Waals surface area contributed by atoms with Crippen LogP contribution in [0.1, 0.15) is 15.9 Å². The maximum absolute atomic E-state index is 13.0. The zero-order valence-corrected chi connectivity index (χ0v) is 9.40. The van der Waals surface area contributed by atoms with Gasteiger partial charge in [0.05, 0.1) is 12.6 Å². The van der Waals surface area contributed by atoms with Crippen molar-refractivity contribution < 1.29 is 9.18 Å². The van der Waals surface area contributed by atoms with Crippen molar-refractivity contribution in [3.8, 4) is 18.4 Å². The lowest BCUT2D eigenvalue weighted by atomic mass is 10.1. The number of hydrogen-bond donors (Lipinski definition) is 0. The lowest BCUT2D eigenvalue weighted by molar-refractivity contribution is 0.0795. The van der Waals surface area contributed by atoms with E-state index in [0.717, 1.165) is 0 Å². The average Bonchev–Trinajstić information content (AvgIpc) is 2.31. The minimum atomic E-state index is -0.370. The standard InChI is InChI=1S/C13H11FN2O/c1-3-7-16(8-6-15)13(17)11-4-5-12(14)10(2)9-11/h1,4-5,9H,7-8H2,2H3. The third kappa shape index (κ3) is 3.06. The van der Waals surface area contributed by atoms with E-state index in [1.165, 1.54) is 23.1 Å². The predicted molar refractivity (Wildman–Crippen MR) is 61.5 cm³/mol. The summed E-state index contributed by atoms with van der Waals surface area (Å²) in [6, 6.07) is 5.91. The van der Waals surface area contributed by atoms with Gasteiger partial charge in [-0.2, -0.15) is 5.26 Å². The molecule has 0 N–H and O–H groups in total. The minimum absolute atomic E-state index is 0.0584. The number of halogens is 1. The number of amides is 1. The predicted octanol–water partition coefficient (Wildman–Crippen LogP) is 1.73. The van der Waals surface area contributed by atoms with E-state index in [4.69, 9.17) is 11.7 Å². The number of nitriles is 1. The smallest absolute Gasteiger partial charge is 0.255 e. The van der Waals surface area contributed by atoms with Gasteiger partial charge in [-0.15, -0.1) is 6.42 Å². The normalized spacial score (nSPS) is 9.18.